The van der Waals surface area contributed by atoms with Crippen molar-refractivity contribution in [2.24, 2.45) is 0 Å². The predicted molar refractivity (Wildman–Crippen MR) is 53.9 cm³/mol. The van der Waals surface area contributed by atoms with E-state index in [0.29, 0.717) is 0 Å². The molecule has 2 heteroatoms. The summed E-state index contributed by atoms with van der Waals surface area (Å²) in [7, 11) is 0. The molecule has 0 aliphatic heterocycles. The molecule has 0 spiro atoms. The van der Waals surface area contributed by atoms with Crippen molar-refractivity contribution in [3.63, 3.8) is 0 Å². The lowest BCUT2D eigenvalue weighted by Crippen LogP contribution is -1.84. The Hall–Kier alpha value is -0.890. The Morgan fingerprint density at radius 2 is 2.25 bits per heavy atom. The SMILES string of the molecule is C/C=C(/C=O)c1cccc(Br)c1. The van der Waals surface area contributed by atoms with Crippen LogP contribution in [0.3, 0.4) is 0 Å². The van der Waals surface area contributed by atoms with Crippen LogP contribution in [0, 0.1) is 0 Å². The van der Waals surface area contributed by atoms with E-state index in [1.807, 2.05) is 31.2 Å². The minimum atomic E-state index is 0.719. The Morgan fingerprint density at radius 1 is 1.50 bits per heavy atom. The molecular formula is C10H9BrO. The summed E-state index contributed by atoms with van der Waals surface area (Å²) >= 11 is 3.35. The van der Waals surface area contributed by atoms with Crippen molar-refractivity contribution in [3.8, 4) is 0 Å². The first-order valence-electron chi connectivity index (χ1n) is 3.65. The van der Waals surface area contributed by atoms with Gasteiger partial charge in [0.2, 0.25) is 0 Å². The molecule has 0 bridgehead atoms. The number of rotatable bonds is 2. The summed E-state index contributed by atoms with van der Waals surface area (Å²) in [5.74, 6) is 0. The van der Waals surface area contributed by atoms with Gasteiger partial charge in [-0.15, -0.1) is 0 Å². The molecule has 0 aromatic heterocycles. The van der Waals surface area contributed by atoms with E-state index in [1.54, 1.807) is 6.08 Å². The van der Waals surface area contributed by atoms with Gasteiger partial charge in [0.05, 0.1) is 0 Å². The summed E-state index contributed by atoms with van der Waals surface area (Å²) in [4.78, 5) is 10.6. The van der Waals surface area contributed by atoms with Gasteiger partial charge in [-0.1, -0.05) is 34.1 Å². The molecule has 12 heavy (non-hydrogen) atoms. The van der Waals surface area contributed by atoms with Crippen LogP contribution >= 0.6 is 15.9 Å². The molecule has 0 heterocycles. The van der Waals surface area contributed by atoms with Gasteiger partial charge >= 0.3 is 0 Å². The number of carbonyl (C=O) groups excluding carboxylic acids is 1. The van der Waals surface area contributed by atoms with E-state index >= 15 is 0 Å². The van der Waals surface area contributed by atoms with Crippen LogP contribution in [0.25, 0.3) is 5.57 Å². The molecule has 0 saturated carbocycles. The second-order valence-corrected chi connectivity index (χ2v) is 3.29. The van der Waals surface area contributed by atoms with Crippen LogP contribution in [0.4, 0.5) is 0 Å². The molecule has 0 unspecified atom stereocenters. The Bertz CT molecular complexity index is 315. The summed E-state index contributed by atoms with van der Waals surface area (Å²) in [6.45, 7) is 1.85. The smallest absolute Gasteiger partial charge is 0.150 e. The van der Waals surface area contributed by atoms with E-state index in [1.165, 1.54) is 0 Å². The number of carbonyl (C=O) groups is 1. The van der Waals surface area contributed by atoms with E-state index in [-0.39, 0.29) is 0 Å². The highest BCUT2D eigenvalue weighted by molar-refractivity contribution is 9.10. The average molecular weight is 225 g/mol. The Kier molecular flexibility index (Phi) is 3.23. The van der Waals surface area contributed by atoms with Crippen molar-refractivity contribution < 1.29 is 4.79 Å². The van der Waals surface area contributed by atoms with Gasteiger partial charge in [-0.25, -0.2) is 0 Å². The molecule has 0 aliphatic carbocycles. The molecule has 0 atom stereocenters. The molecule has 0 N–H and O–H groups in total. The number of aldehydes is 1. The molecular weight excluding hydrogens is 216 g/mol. The summed E-state index contributed by atoms with van der Waals surface area (Å²) in [6.07, 6.45) is 2.66. The van der Waals surface area contributed by atoms with E-state index in [9.17, 15) is 4.79 Å². The van der Waals surface area contributed by atoms with E-state index in [4.69, 9.17) is 0 Å². The van der Waals surface area contributed by atoms with Crippen molar-refractivity contribution in [2.45, 2.75) is 6.92 Å². The zero-order valence-electron chi connectivity index (χ0n) is 6.75. The minimum Gasteiger partial charge on any atom is -0.298 e. The third kappa shape index (κ3) is 2.05. The number of hydrogen-bond donors (Lipinski definition) is 0. The van der Waals surface area contributed by atoms with Gasteiger partial charge in [-0.3, -0.25) is 4.79 Å². The number of allylic oxidation sites excluding steroid dienone is 2. The molecule has 1 aromatic rings. The molecule has 0 aliphatic rings. The van der Waals surface area contributed by atoms with E-state index in [0.717, 1.165) is 21.9 Å². The maximum atomic E-state index is 10.6. The predicted octanol–water partition coefficient (Wildman–Crippen LogP) is 3.05. The Labute approximate surface area is 80.2 Å². The third-order valence-corrected chi connectivity index (χ3v) is 2.09. The number of halogens is 1. The maximum absolute atomic E-state index is 10.6. The fourth-order valence-corrected chi connectivity index (χ4v) is 1.37. The van der Waals surface area contributed by atoms with Crippen molar-refractivity contribution >= 4 is 27.8 Å². The highest BCUT2D eigenvalue weighted by atomic mass is 79.9. The molecule has 0 saturated heterocycles. The van der Waals surface area contributed by atoms with Crippen molar-refractivity contribution in [2.75, 3.05) is 0 Å². The van der Waals surface area contributed by atoms with Crippen LogP contribution in [0.15, 0.2) is 34.8 Å². The summed E-state index contributed by atoms with van der Waals surface area (Å²) in [5.41, 5.74) is 1.66. The van der Waals surface area contributed by atoms with Gasteiger partial charge in [0.1, 0.15) is 6.29 Å². The normalized spacial score (nSPS) is 11.3. The van der Waals surface area contributed by atoms with Crippen molar-refractivity contribution in [1.82, 2.24) is 0 Å². The quantitative estimate of drug-likeness (QED) is 0.558. The summed E-state index contributed by atoms with van der Waals surface area (Å²) in [5, 5.41) is 0. The van der Waals surface area contributed by atoms with Gasteiger partial charge in [-0.05, 0) is 24.6 Å². The molecule has 62 valence electrons. The fourth-order valence-electron chi connectivity index (χ4n) is 0.971. The van der Waals surface area contributed by atoms with Crippen molar-refractivity contribution in [1.29, 1.82) is 0 Å². The summed E-state index contributed by atoms with van der Waals surface area (Å²) in [6, 6.07) is 7.67. The average Bonchev–Trinajstić information content (AvgIpc) is 2.07. The molecule has 1 aromatic carbocycles. The molecule has 0 fully saturated rings. The molecule has 0 amide bonds. The standard InChI is InChI=1S/C10H9BrO/c1-2-8(7-12)9-4-3-5-10(11)6-9/h2-7H,1H3/b8-2-. The first-order valence-corrected chi connectivity index (χ1v) is 4.44. The third-order valence-electron chi connectivity index (χ3n) is 1.60. The monoisotopic (exact) mass is 224 g/mol. The molecule has 1 nitrogen and oxygen atoms in total. The van der Waals surface area contributed by atoms with Gasteiger partial charge < -0.3 is 0 Å². The molecule has 1 rings (SSSR count). The van der Waals surface area contributed by atoms with Gasteiger partial charge in [0, 0.05) is 10.0 Å². The van der Waals surface area contributed by atoms with Crippen LogP contribution in [0.2, 0.25) is 0 Å². The second kappa shape index (κ2) is 4.21. The van der Waals surface area contributed by atoms with E-state index in [2.05, 4.69) is 15.9 Å². The van der Waals surface area contributed by atoms with Crippen LogP contribution in [-0.4, -0.2) is 6.29 Å². The highest BCUT2D eigenvalue weighted by Crippen LogP contribution is 2.17. The van der Waals surface area contributed by atoms with Crippen molar-refractivity contribution in [3.05, 3.63) is 40.4 Å². The van der Waals surface area contributed by atoms with Crippen LogP contribution in [0.5, 0.6) is 0 Å². The van der Waals surface area contributed by atoms with Gasteiger partial charge in [0.15, 0.2) is 0 Å². The number of hydrogen-bond acceptors (Lipinski definition) is 1. The summed E-state index contributed by atoms with van der Waals surface area (Å²) < 4.78 is 0.987. The minimum absolute atomic E-state index is 0.719. The fraction of sp³-hybridized carbons (Fsp3) is 0.100. The maximum Gasteiger partial charge on any atom is 0.150 e. The van der Waals surface area contributed by atoms with Gasteiger partial charge in [-0.2, -0.15) is 0 Å². The lowest BCUT2D eigenvalue weighted by Gasteiger charge is -1.98. The highest BCUT2D eigenvalue weighted by Gasteiger charge is 1.97. The number of benzene rings is 1. The van der Waals surface area contributed by atoms with Gasteiger partial charge in [0.25, 0.3) is 0 Å². The molecule has 0 radical (unpaired) electrons. The largest absolute Gasteiger partial charge is 0.298 e. The van der Waals surface area contributed by atoms with Crippen LogP contribution in [0.1, 0.15) is 12.5 Å². The van der Waals surface area contributed by atoms with Crippen LogP contribution < -0.4 is 0 Å². The first-order chi connectivity index (χ1) is 5.77. The first kappa shape index (κ1) is 9.20. The van der Waals surface area contributed by atoms with E-state index < -0.39 is 0 Å². The Morgan fingerprint density at radius 3 is 2.75 bits per heavy atom. The Balaban J connectivity index is 3.10. The zero-order chi connectivity index (χ0) is 8.97. The zero-order valence-corrected chi connectivity index (χ0v) is 8.34. The topological polar surface area (TPSA) is 17.1 Å². The lowest BCUT2D eigenvalue weighted by atomic mass is 10.1. The lowest BCUT2D eigenvalue weighted by molar-refractivity contribution is -0.103. The van der Waals surface area contributed by atoms with Crippen LogP contribution in [-0.2, 0) is 4.79 Å². The second-order valence-electron chi connectivity index (χ2n) is 2.37.